The molecule has 0 spiro atoms. The van der Waals surface area contributed by atoms with Crippen LogP contribution in [0.25, 0.3) is 0 Å². The van der Waals surface area contributed by atoms with Crippen LogP contribution in [-0.4, -0.2) is 9.83 Å². The molecule has 0 amide bonds. The van der Waals surface area contributed by atoms with Gasteiger partial charge in [-0.1, -0.05) is 52.3 Å². The maximum Gasteiger partial charge on any atom is 0.0678 e. The van der Waals surface area contributed by atoms with Gasteiger partial charge in [0.25, 0.3) is 0 Å². The molecule has 18 heavy (non-hydrogen) atoms. The molecule has 0 saturated carbocycles. The Morgan fingerprint density at radius 2 is 1.61 bits per heavy atom. The summed E-state index contributed by atoms with van der Waals surface area (Å²) in [5.41, 5.74) is 0.284. The molecule has 1 unspecified atom stereocenters. The van der Waals surface area contributed by atoms with Gasteiger partial charge in [0.15, 0.2) is 0 Å². The molecule has 0 N–H and O–H groups in total. The van der Waals surface area contributed by atoms with E-state index in [1.54, 1.807) is 0 Å². The van der Waals surface area contributed by atoms with E-state index in [9.17, 15) is 0 Å². The summed E-state index contributed by atoms with van der Waals surface area (Å²) < 4.78 is 0.226. The minimum Gasteiger partial charge on any atom is -0.144 e. The smallest absolute Gasteiger partial charge is 0.0678 e. The molecule has 0 fully saturated rings. The van der Waals surface area contributed by atoms with Gasteiger partial charge in [0.2, 0.25) is 0 Å². The highest BCUT2D eigenvalue weighted by Crippen LogP contribution is 2.52. The molecule has 0 saturated heterocycles. The zero-order chi connectivity index (χ0) is 13.6. The molecule has 0 heterocycles. The van der Waals surface area contributed by atoms with Crippen molar-refractivity contribution in [3.63, 3.8) is 0 Å². The average molecular weight is 283 g/mol. The summed E-state index contributed by atoms with van der Waals surface area (Å²) in [4.78, 5) is 1.37. The lowest BCUT2D eigenvalue weighted by molar-refractivity contribution is 0.384. The van der Waals surface area contributed by atoms with E-state index in [-0.39, 0.29) is 9.49 Å². The highest BCUT2D eigenvalue weighted by molar-refractivity contribution is 8.18. The van der Waals surface area contributed by atoms with Crippen molar-refractivity contribution in [3.05, 3.63) is 30.3 Å². The predicted octanol–water partition coefficient (Wildman–Crippen LogP) is 6.07. The van der Waals surface area contributed by atoms with E-state index >= 15 is 0 Å². The van der Waals surface area contributed by atoms with Crippen molar-refractivity contribution < 1.29 is 0 Å². The molecular weight excluding hydrogens is 256 g/mol. The zero-order valence-electron chi connectivity index (χ0n) is 12.3. The molecule has 102 valence electrons. The molecule has 0 aliphatic heterocycles. The summed E-state index contributed by atoms with van der Waals surface area (Å²) in [5.74, 6) is 1.25. The number of benzene rings is 1. The Bertz CT molecular complexity index is 340. The lowest BCUT2D eigenvalue weighted by Gasteiger charge is -2.41. The van der Waals surface area contributed by atoms with Crippen LogP contribution in [0.1, 0.15) is 47.5 Å². The summed E-state index contributed by atoms with van der Waals surface area (Å²) >= 11 is 4.12. The van der Waals surface area contributed by atoms with Crippen LogP contribution in [0.4, 0.5) is 0 Å². The van der Waals surface area contributed by atoms with Crippen LogP contribution in [0.5, 0.6) is 0 Å². The fourth-order valence-electron chi connectivity index (χ4n) is 1.52. The summed E-state index contributed by atoms with van der Waals surface area (Å²) in [6, 6.07) is 10.8. The van der Waals surface area contributed by atoms with Crippen molar-refractivity contribution in [2.45, 2.75) is 56.4 Å². The van der Waals surface area contributed by atoms with Gasteiger partial charge in [-0.05, 0) is 36.6 Å². The lowest BCUT2D eigenvalue weighted by Crippen LogP contribution is -2.33. The highest BCUT2D eigenvalue weighted by Gasteiger charge is 2.38. The first kappa shape index (κ1) is 16.0. The summed E-state index contributed by atoms with van der Waals surface area (Å²) in [5, 5.41) is 0. The first-order valence-electron chi connectivity index (χ1n) is 6.77. The third-order valence-electron chi connectivity index (χ3n) is 3.29. The van der Waals surface area contributed by atoms with Crippen molar-refractivity contribution in [2.75, 3.05) is 5.75 Å². The van der Waals surface area contributed by atoms with Crippen LogP contribution >= 0.6 is 23.5 Å². The molecule has 2 heteroatoms. The molecule has 0 aliphatic carbocycles. The largest absolute Gasteiger partial charge is 0.144 e. The molecule has 0 aromatic heterocycles. The van der Waals surface area contributed by atoms with E-state index in [2.05, 4.69) is 76.7 Å². The Hall–Kier alpha value is -0.0800. The van der Waals surface area contributed by atoms with Gasteiger partial charge in [0, 0.05) is 4.90 Å². The Kier molecular flexibility index (Phi) is 6.13. The molecule has 0 aliphatic rings. The number of hydrogen-bond donors (Lipinski definition) is 0. The van der Waals surface area contributed by atoms with E-state index in [1.165, 1.54) is 23.5 Å². The Morgan fingerprint density at radius 1 is 1.00 bits per heavy atom. The van der Waals surface area contributed by atoms with Gasteiger partial charge in [-0.15, -0.1) is 23.5 Å². The Balaban J connectivity index is 2.78. The predicted molar refractivity (Wildman–Crippen MR) is 87.5 cm³/mol. The maximum atomic E-state index is 2.39. The summed E-state index contributed by atoms with van der Waals surface area (Å²) in [6.45, 7) is 11.7. The maximum absolute atomic E-state index is 2.39. The molecule has 1 rings (SSSR count). The quantitative estimate of drug-likeness (QED) is 0.352. The number of hydrogen-bond acceptors (Lipinski definition) is 2. The molecular formula is C16H26S2. The van der Waals surface area contributed by atoms with Gasteiger partial charge in [0.05, 0.1) is 4.08 Å². The topological polar surface area (TPSA) is 0 Å². The van der Waals surface area contributed by atoms with Crippen LogP contribution in [0, 0.1) is 5.41 Å². The van der Waals surface area contributed by atoms with Gasteiger partial charge >= 0.3 is 0 Å². The number of rotatable bonds is 6. The molecule has 1 atom stereocenters. The normalized spacial score (nSPS) is 15.4. The second-order valence-corrected chi connectivity index (χ2v) is 9.08. The third kappa shape index (κ3) is 4.55. The SMILES string of the molecule is CCCCSC(C)(Sc1ccccc1)C(C)(C)C. The minimum absolute atomic E-state index is 0.226. The molecule has 0 radical (unpaired) electrons. The monoisotopic (exact) mass is 282 g/mol. The molecule has 0 nitrogen and oxygen atoms in total. The van der Waals surface area contributed by atoms with Crippen molar-refractivity contribution in [1.29, 1.82) is 0 Å². The van der Waals surface area contributed by atoms with Crippen LogP contribution < -0.4 is 0 Å². The van der Waals surface area contributed by atoms with Crippen LogP contribution in [0.15, 0.2) is 35.2 Å². The highest BCUT2D eigenvalue weighted by atomic mass is 32.2. The Morgan fingerprint density at radius 3 is 2.11 bits per heavy atom. The van der Waals surface area contributed by atoms with E-state index in [0.29, 0.717) is 0 Å². The van der Waals surface area contributed by atoms with Gasteiger partial charge in [-0.3, -0.25) is 0 Å². The number of unbranched alkanes of at least 4 members (excludes halogenated alkanes) is 1. The van der Waals surface area contributed by atoms with Gasteiger partial charge in [-0.25, -0.2) is 0 Å². The third-order valence-corrected chi connectivity index (χ3v) is 7.06. The van der Waals surface area contributed by atoms with Crippen molar-refractivity contribution in [2.24, 2.45) is 5.41 Å². The average Bonchev–Trinajstić information content (AvgIpc) is 2.29. The van der Waals surface area contributed by atoms with Crippen LogP contribution in [-0.2, 0) is 0 Å². The summed E-state index contributed by atoms with van der Waals surface area (Å²) in [7, 11) is 0. The molecule has 1 aromatic carbocycles. The van der Waals surface area contributed by atoms with E-state index in [1.807, 2.05) is 11.8 Å². The van der Waals surface area contributed by atoms with Gasteiger partial charge < -0.3 is 0 Å². The zero-order valence-corrected chi connectivity index (χ0v) is 14.0. The van der Waals surface area contributed by atoms with Crippen molar-refractivity contribution >= 4 is 23.5 Å². The fraction of sp³-hybridized carbons (Fsp3) is 0.625. The second kappa shape index (κ2) is 6.91. The lowest BCUT2D eigenvalue weighted by atomic mass is 9.92. The van der Waals surface area contributed by atoms with E-state index in [0.717, 1.165) is 0 Å². The number of thioether (sulfide) groups is 2. The standard InChI is InChI=1S/C16H26S2/c1-6-7-13-17-16(5,15(2,3)4)18-14-11-9-8-10-12-14/h8-12H,6-7,13H2,1-5H3. The second-order valence-electron chi connectivity index (χ2n) is 5.81. The van der Waals surface area contributed by atoms with Gasteiger partial charge in [-0.2, -0.15) is 0 Å². The minimum atomic E-state index is 0.226. The van der Waals surface area contributed by atoms with E-state index < -0.39 is 0 Å². The van der Waals surface area contributed by atoms with E-state index in [4.69, 9.17) is 0 Å². The van der Waals surface area contributed by atoms with Crippen LogP contribution in [0.2, 0.25) is 0 Å². The van der Waals surface area contributed by atoms with Crippen molar-refractivity contribution in [3.8, 4) is 0 Å². The molecule has 0 bridgehead atoms. The van der Waals surface area contributed by atoms with Gasteiger partial charge in [0.1, 0.15) is 0 Å². The van der Waals surface area contributed by atoms with Crippen molar-refractivity contribution in [1.82, 2.24) is 0 Å². The van der Waals surface area contributed by atoms with Crippen LogP contribution in [0.3, 0.4) is 0 Å². The first-order chi connectivity index (χ1) is 8.39. The summed E-state index contributed by atoms with van der Waals surface area (Å²) in [6.07, 6.45) is 2.59. The first-order valence-corrected chi connectivity index (χ1v) is 8.57. The fourth-order valence-corrected chi connectivity index (χ4v) is 4.60. The molecule has 1 aromatic rings. The Labute approximate surface area is 121 Å².